The number of nitrogens with zero attached hydrogens (tertiary/aromatic N) is 1. The van der Waals surface area contributed by atoms with Gasteiger partial charge in [0, 0.05) is 13.1 Å². The number of nitrogens with one attached hydrogen (secondary N) is 1. The standard InChI is InChI=1S/C13H19FN2O3/c1-16(2)7-9-19-8-6-15-11-5-3-4-10(14)12(11)13(17)18/h3-5,15H,6-9H2,1-2H3,(H,17,18). The average Bonchev–Trinajstić information content (AvgIpc) is 2.32. The number of carbonyl (C=O) groups is 1. The van der Waals surface area contributed by atoms with Gasteiger partial charge in [-0.1, -0.05) is 6.07 Å². The molecule has 0 bridgehead atoms. The van der Waals surface area contributed by atoms with Crippen LogP contribution in [0.1, 0.15) is 10.4 Å². The van der Waals surface area contributed by atoms with E-state index in [1.807, 2.05) is 19.0 Å². The van der Waals surface area contributed by atoms with Crippen molar-refractivity contribution in [3.63, 3.8) is 0 Å². The van der Waals surface area contributed by atoms with Gasteiger partial charge in [0.2, 0.25) is 0 Å². The summed E-state index contributed by atoms with van der Waals surface area (Å²) in [7, 11) is 3.90. The minimum absolute atomic E-state index is 0.267. The molecule has 1 rings (SSSR count). The summed E-state index contributed by atoms with van der Waals surface area (Å²) in [6.45, 7) is 2.28. The second kappa shape index (κ2) is 7.70. The summed E-state index contributed by atoms with van der Waals surface area (Å²) < 4.78 is 18.7. The molecule has 106 valence electrons. The minimum atomic E-state index is -1.28. The summed E-state index contributed by atoms with van der Waals surface area (Å²) in [6.07, 6.45) is 0. The van der Waals surface area contributed by atoms with Crippen molar-refractivity contribution in [1.29, 1.82) is 0 Å². The molecule has 0 amide bonds. The summed E-state index contributed by atoms with van der Waals surface area (Å²) in [5.41, 5.74) is -0.0699. The number of ether oxygens (including phenoxy) is 1. The topological polar surface area (TPSA) is 61.8 Å². The van der Waals surface area contributed by atoms with Crippen molar-refractivity contribution in [2.45, 2.75) is 0 Å². The number of anilines is 1. The van der Waals surface area contributed by atoms with E-state index >= 15 is 0 Å². The molecule has 19 heavy (non-hydrogen) atoms. The molecular formula is C13H19FN2O3. The molecule has 0 aliphatic heterocycles. The number of benzene rings is 1. The van der Waals surface area contributed by atoms with Crippen LogP contribution in [0.3, 0.4) is 0 Å². The number of likely N-dealkylation sites (N-methyl/N-ethyl adjacent to an activating group) is 1. The van der Waals surface area contributed by atoms with Crippen LogP contribution in [0, 0.1) is 5.82 Å². The van der Waals surface area contributed by atoms with E-state index in [2.05, 4.69) is 5.32 Å². The summed E-state index contributed by atoms with van der Waals surface area (Å²) >= 11 is 0. The Kier molecular flexibility index (Phi) is 6.24. The van der Waals surface area contributed by atoms with Crippen LogP contribution in [0.2, 0.25) is 0 Å². The predicted octanol–water partition coefficient (Wildman–Crippen LogP) is 1.51. The highest BCUT2D eigenvalue weighted by Crippen LogP contribution is 2.18. The van der Waals surface area contributed by atoms with Gasteiger partial charge in [0.25, 0.3) is 0 Å². The zero-order valence-corrected chi connectivity index (χ0v) is 11.1. The van der Waals surface area contributed by atoms with Crippen molar-refractivity contribution in [2.24, 2.45) is 0 Å². The van der Waals surface area contributed by atoms with E-state index in [4.69, 9.17) is 9.84 Å². The van der Waals surface area contributed by atoms with Crippen LogP contribution in [-0.4, -0.2) is 56.4 Å². The van der Waals surface area contributed by atoms with Crippen molar-refractivity contribution in [3.05, 3.63) is 29.6 Å². The van der Waals surface area contributed by atoms with Gasteiger partial charge in [0.15, 0.2) is 0 Å². The SMILES string of the molecule is CN(C)CCOCCNc1cccc(F)c1C(=O)O. The van der Waals surface area contributed by atoms with Gasteiger partial charge in [0.1, 0.15) is 11.4 Å². The maximum Gasteiger partial charge on any atom is 0.340 e. The van der Waals surface area contributed by atoms with Gasteiger partial charge in [-0.25, -0.2) is 9.18 Å². The molecule has 0 aliphatic rings. The van der Waals surface area contributed by atoms with Crippen LogP contribution in [0.4, 0.5) is 10.1 Å². The highest BCUT2D eigenvalue weighted by Gasteiger charge is 2.14. The van der Waals surface area contributed by atoms with Crippen LogP contribution in [0.5, 0.6) is 0 Å². The van der Waals surface area contributed by atoms with E-state index in [9.17, 15) is 9.18 Å². The van der Waals surface area contributed by atoms with Gasteiger partial charge in [-0.3, -0.25) is 0 Å². The fraction of sp³-hybridized carbons (Fsp3) is 0.462. The zero-order chi connectivity index (χ0) is 14.3. The zero-order valence-electron chi connectivity index (χ0n) is 11.1. The van der Waals surface area contributed by atoms with E-state index in [-0.39, 0.29) is 11.3 Å². The fourth-order valence-corrected chi connectivity index (χ4v) is 1.50. The predicted molar refractivity (Wildman–Crippen MR) is 71.2 cm³/mol. The van der Waals surface area contributed by atoms with E-state index in [0.717, 1.165) is 12.6 Å². The number of carboxylic acid groups (broad SMARTS) is 1. The first kappa shape index (κ1) is 15.4. The Bertz CT molecular complexity index is 424. The lowest BCUT2D eigenvalue weighted by Crippen LogP contribution is -2.20. The van der Waals surface area contributed by atoms with E-state index in [1.54, 1.807) is 0 Å². The van der Waals surface area contributed by atoms with Crippen LogP contribution in [0.15, 0.2) is 18.2 Å². The number of carboxylic acids is 1. The molecule has 0 unspecified atom stereocenters. The number of aromatic carboxylic acids is 1. The lowest BCUT2D eigenvalue weighted by molar-refractivity contribution is 0.0693. The van der Waals surface area contributed by atoms with Crippen LogP contribution < -0.4 is 5.32 Å². The molecule has 0 saturated carbocycles. The molecule has 6 heteroatoms. The fourth-order valence-electron chi connectivity index (χ4n) is 1.50. The Morgan fingerprint density at radius 2 is 2.16 bits per heavy atom. The number of hydrogen-bond acceptors (Lipinski definition) is 4. The third-order valence-electron chi connectivity index (χ3n) is 2.47. The van der Waals surface area contributed by atoms with Gasteiger partial charge in [-0.15, -0.1) is 0 Å². The van der Waals surface area contributed by atoms with Gasteiger partial charge in [-0.05, 0) is 26.2 Å². The van der Waals surface area contributed by atoms with Crippen LogP contribution >= 0.6 is 0 Å². The first-order valence-electron chi connectivity index (χ1n) is 6.00. The van der Waals surface area contributed by atoms with Crippen molar-refractivity contribution in [1.82, 2.24) is 4.90 Å². The van der Waals surface area contributed by atoms with Crippen molar-refractivity contribution in [3.8, 4) is 0 Å². The molecule has 0 radical (unpaired) electrons. The Labute approximate surface area is 112 Å². The quantitative estimate of drug-likeness (QED) is 0.701. The molecule has 1 aromatic rings. The molecule has 2 N–H and O–H groups in total. The largest absolute Gasteiger partial charge is 0.478 e. The minimum Gasteiger partial charge on any atom is -0.478 e. The number of hydrogen-bond donors (Lipinski definition) is 2. The van der Waals surface area contributed by atoms with Gasteiger partial charge in [-0.2, -0.15) is 0 Å². The third-order valence-corrected chi connectivity index (χ3v) is 2.47. The monoisotopic (exact) mass is 270 g/mol. The number of halogens is 1. The molecule has 5 nitrogen and oxygen atoms in total. The maximum absolute atomic E-state index is 13.4. The van der Waals surface area contributed by atoms with Gasteiger partial charge in [0.05, 0.1) is 18.9 Å². The molecule has 0 aliphatic carbocycles. The van der Waals surface area contributed by atoms with Crippen molar-refractivity contribution in [2.75, 3.05) is 45.7 Å². The average molecular weight is 270 g/mol. The summed E-state index contributed by atoms with van der Waals surface area (Å²) in [5.74, 6) is -2.03. The first-order valence-corrected chi connectivity index (χ1v) is 6.00. The van der Waals surface area contributed by atoms with Crippen molar-refractivity contribution < 1.29 is 19.0 Å². The maximum atomic E-state index is 13.4. The molecule has 1 aromatic carbocycles. The lowest BCUT2D eigenvalue weighted by Gasteiger charge is -2.12. The second-order valence-corrected chi connectivity index (χ2v) is 4.31. The molecular weight excluding hydrogens is 251 g/mol. The van der Waals surface area contributed by atoms with Gasteiger partial charge < -0.3 is 20.1 Å². The van der Waals surface area contributed by atoms with E-state index in [1.165, 1.54) is 12.1 Å². The molecule has 0 atom stereocenters. The second-order valence-electron chi connectivity index (χ2n) is 4.31. The molecule has 0 fully saturated rings. The Morgan fingerprint density at radius 3 is 2.79 bits per heavy atom. The first-order chi connectivity index (χ1) is 9.02. The Balaban J connectivity index is 2.41. The number of rotatable bonds is 8. The Hall–Kier alpha value is -1.66. The third kappa shape index (κ3) is 5.23. The van der Waals surface area contributed by atoms with Gasteiger partial charge >= 0.3 is 5.97 Å². The summed E-state index contributed by atoms with van der Waals surface area (Å²) in [6, 6.07) is 4.13. The molecule has 0 aromatic heterocycles. The smallest absolute Gasteiger partial charge is 0.340 e. The molecule has 0 saturated heterocycles. The van der Waals surface area contributed by atoms with E-state index < -0.39 is 11.8 Å². The molecule has 0 spiro atoms. The lowest BCUT2D eigenvalue weighted by atomic mass is 10.1. The normalized spacial score (nSPS) is 10.7. The molecule has 0 heterocycles. The Morgan fingerprint density at radius 1 is 1.42 bits per heavy atom. The summed E-state index contributed by atoms with van der Waals surface area (Å²) in [5, 5.41) is 11.8. The summed E-state index contributed by atoms with van der Waals surface area (Å²) in [4.78, 5) is 12.9. The van der Waals surface area contributed by atoms with E-state index in [0.29, 0.717) is 19.8 Å². The highest BCUT2D eigenvalue weighted by atomic mass is 19.1. The van der Waals surface area contributed by atoms with Crippen LogP contribution in [0.25, 0.3) is 0 Å². The van der Waals surface area contributed by atoms with Crippen LogP contribution in [-0.2, 0) is 4.74 Å². The highest BCUT2D eigenvalue weighted by molar-refractivity contribution is 5.94. The van der Waals surface area contributed by atoms with Crippen molar-refractivity contribution >= 4 is 11.7 Å².